The fourth-order valence-electron chi connectivity index (χ4n) is 3.03. The third-order valence-corrected chi connectivity index (χ3v) is 6.22. The number of nitrogens with one attached hydrogen (secondary N) is 1. The molecule has 0 bridgehead atoms. The third-order valence-electron chi connectivity index (χ3n) is 4.72. The lowest BCUT2D eigenvalue weighted by molar-refractivity contribution is 0.0910. The number of ether oxygens (including phenoxy) is 1. The first kappa shape index (κ1) is 21.6. The summed E-state index contributed by atoms with van der Waals surface area (Å²) in [7, 11) is -1.83. The molecule has 30 heavy (non-hydrogen) atoms. The summed E-state index contributed by atoms with van der Waals surface area (Å²) in [5.74, 6) is 0.312. The van der Waals surface area contributed by atoms with Gasteiger partial charge in [0.2, 0.25) is 0 Å². The van der Waals surface area contributed by atoms with Crippen molar-refractivity contribution in [3.8, 4) is 5.75 Å². The minimum absolute atomic E-state index is 0.0794. The van der Waals surface area contributed by atoms with Crippen molar-refractivity contribution >= 4 is 15.7 Å². The van der Waals surface area contributed by atoms with E-state index < -0.39 is 15.7 Å². The second kappa shape index (κ2) is 9.17. The summed E-state index contributed by atoms with van der Waals surface area (Å²) in [6.45, 7) is 3.80. The molecule has 0 fully saturated rings. The Morgan fingerprint density at radius 3 is 2.30 bits per heavy atom. The molecule has 1 heterocycles. The number of methoxy groups -OCH3 is 1. The molecule has 0 unspecified atom stereocenters. The van der Waals surface area contributed by atoms with Gasteiger partial charge in [0.1, 0.15) is 17.3 Å². The lowest BCUT2D eigenvalue weighted by atomic mass is 10.1. The SMILES string of the molecule is COc1ccc([C@H](C)NC(=O)c2ccc(CS(=O)(=O)Cc3ccc(C)cc3)o2)cc1. The Morgan fingerprint density at radius 1 is 1.00 bits per heavy atom. The summed E-state index contributed by atoms with van der Waals surface area (Å²) in [5.41, 5.74) is 2.71. The molecule has 0 aliphatic rings. The van der Waals surface area contributed by atoms with Crippen molar-refractivity contribution < 1.29 is 22.4 Å². The van der Waals surface area contributed by atoms with E-state index in [1.807, 2.05) is 50.2 Å². The van der Waals surface area contributed by atoms with E-state index in [1.165, 1.54) is 12.1 Å². The van der Waals surface area contributed by atoms with Crippen molar-refractivity contribution in [2.24, 2.45) is 0 Å². The Kier molecular flexibility index (Phi) is 6.62. The number of benzene rings is 2. The van der Waals surface area contributed by atoms with Crippen LogP contribution in [0, 0.1) is 6.92 Å². The standard InChI is InChI=1S/C23H25NO5S/c1-16-4-6-18(7-5-16)14-30(26,27)15-21-12-13-22(29-21)23(25)24-17(2)19-8-10-20(28-3)11-9-19/h4-13,17H,14-15H2,1-3H3,(H,24,25)/t17-/m0/s1. The Balaban J connectivity index is 1.61. The van der Waals surface area contributed by atoms with Gasteiger partial charge in [0.25, 0.3) is 5.91 Å². The van der Waals surface area contributed by atoms with Crippen LogP contribution in [0.1, 0.15) is 46.0 Å². The van der Waals surface area contributed by atoms with Crippen LogP contribution >= 0.6 is 0 Å². The molecule has 6 nitrogen and oxygen atoms in total. The summed E-state index contributed by atoms with van der Waals surface area (Å²) in [6.07, 6.45) is 0. The molecule has 3 aromatic rings. The maximum absolute atomic E-state index is 12.5. The van der Waals surface area contributed by atoms with Crippen LogP contribution in [0.4, 0.5) is 0 Å². The van der Waals surface area contributed by atoms with Gasteiger partial charge in [-0.15, -0.1) is 0 Å². The molecule has 1 atom stereocenters. The van der Waals surface area contributed by atoms with E-state index in [1.54, 1.807) is 19.2 Å². The summed E-state index contributed by atoms with van der Waals surface area (Å²) < 4.78 is 35.6. The number of sulfone groups is 1. The van der Waals surface area contributed by atoms with Crippen LogP contribution in [-0.4, -0.2) is 21.4 Å². The van der Waals surface area contributed by atoms with Gasteiger partial charge >= 0.3 is 0 Å². The predicted molar refractivity (Wildman–Crippen MR) is 115 cm³/mol. The van der Waals surface area contributed by atoms with Gasteiger partial charge in [-0.1, -0.05) is 42.0 Å². The van der Waals surface area contributed by atoms with E-state index in [4.69, 9.17) is 9.15 Å². The lowest BCUT2D eigenvalue weighted by Crippen LogP contribution is -2.26. The van der Waals surface area contributed by atoms with Gasteiger partial charge in [-0.2, -0.15) is 0 Å². The Morgan fingerprint density at radius 2 is 1.67 bits per heavy atom. The van der Waals surface area contributed by atoms with Crippen molar-refractivity contribution in [2.45, 2.75) is 31.4 Å². The topological polar surface area (TPSA) is 85.6 Å². The average Bonchev–Trinajstić information content (AvgIpc) is 3.17. The van der Waals surface area contributed by atoms with Gasteiger partial charge in [0, 0.05) is 0 Å². The molecule has 1 N–H and O–H groups in total. The number of hydrogen-bond donors (Lipinski definition) is 1. The highest BCUT2D eigenvalue weighted by Gasteiger charge is 2.19. The molecular formula is C23H25NO5S. The van der Waals surface area contributed by atoms with E-state index in [9.17, 15) is 13.2 Å². The molecule has 0 radical (unpaired) electrons. The van der Waals surface area contributed by atoms with Crippen molar-refractivity contribution in [2.75, 3.05) is 7.11 Å². The maximum atomic E-state index is 12.5. The van der Waals surface area contributed by atoms with Crippen LogP contribution in [0.2, 0.25) is 0 Å². The number of carbonyl (C=O) groups is 1. The Labute approximate surface area is 176 Å². The van der Waals surface area contributed by atoms with Crippen LogP contribution < -0.4 is 10.1 Å². The van der Waals surface area contributed by atoms with Gasteiger partial charge < -0.3 is 14.5 Å². The first-order chi connectivity index (χ1) is 14.3. The molecule has 1 amide bonds. The molecule has 158 valence electrons. The van der Waals surface area contributed by atoms with Crippen LogP contribution in [0.3, 0.4) is 0 Å². The highest BCUT2D eigenvalue weighted by atomic mass is 32.2. The molecule has 7 heteroatoms. The highest BCUT2D eigenvalue weighted by Crippen LogP contribution is 2.19. The van der Waals surface area contributed by atoms with Crippen LogP contribution in [0.25, 0.3) is 0 Å². The fourth-order valence-corrected chi connectivity index (χ4v) is 4.42. The Hall–Kier alpha value is -3.06. The largest absolute Gasteiger partial charge is 0.497 e. The zero-order valence-electron chi connectivity index (χ0n) is 17.2. The molecular weight excluding hydrogens is 402 g/mol. The van der Waals surface area contributed by atoms with Gasteiger partial charge in [-0.3, -0.25) is 4.79 Å². The van der Waals surface area contributed by atoms with Gasteiger partial charge in [0.05, 0.1) is 18.9 Å². The number of furan rings is 1. The minimum atomic E-state index is -3.42. The average molecular weight is 428 g/mol. The second-order valence-corrected chi connectivity index (χ2v) is 9.32. The van der Waals surface area contributed by atoms with E-state index >= 15 is 0 Å². The second-order valence-electron chi connectivity index (χ2n) is 7.25. The first-order valence-corrected chi connectivity index (χ1v) is 11.4. The zero-order chi connectivity index (χ0) is 21.7. The molecule has 0 spiro atoms. The van der Waals surface area contributed by atoms with Gasteiger partial charge in [0.15, 0.2) is 15.6 Å². The number of hydrogen-bond acceptors (Lipinski definition) is 5. The van der Waals surface area contributed by atoms with Crippen molar-refractivity contribution in [3.05, 3.63) is 88.9 Å². The highest BCUT2D eigenvalue weighted by molar-refractivity contribution is 7.89. The van der Waals surface area contributed by atoms with Gasteiger partial charge in [-0.05, 0) is 49.2 Å². The molecule has 2 aromatic carbocycles. The number of aryl methyl sites for hydroxylation is 1. The summed E-state index contributed by atoms with van der Waals surface area (Å²) >= 11 is 0. The Bertz CT molecular complexity index is 1100. The quantitative estimate of drug-likeness (QED) is 0.582. The van der Waals surface area contributed by atoms with Crippen molar-refractivity contribution in [1.29, 1.82) is 0 Å². The molecule has 0 saturated heterocycles. The van der Waals surface area contributed by atoms with Crippen LogP contribution in [0.5, 0.6) is 5.75 Å². The van der Waals surface area contributed by atoms with E-state index in [2.05, 4.69) is 5.32 Å². The van der Waals surface area contributed by atoms with E-state index in [0.717, 1.165) is 22.4 Å². The number of amides is 1. The van der Waals surface area contributed by atoms with Crippen molar-refractivity contribution in [1.82, 2.24) is 5.32 Å². The monoisotopic (exact) mass is 427 g/mol. The molecule has 1 aromatic heterocycles. The molecule has 0 aliphatic carbocycles. The fraction of sp³-hybridized carbons (Fsp3) is 0.261. The van der Waals surface area contributed by atoms with E-state index in [0.29, 0.717) is 0 Å². The van der Waals surface area contributed by atoms with Crippen LogP contribution in [-0.2, 0) is 21.3 Å². The summed E-state index contributed by atoms with van der Waals surface area (Å²) in [5, 5.41) is 2.85. The van der Waals surface area contributed by atoms with Crippen molar-refractivity contribution in [3.63, 3.8) is 0 Å². The number of rotatable bonds is 8. The summed E-state index contributed by atoms with van der Waals surface area (Å²) in [4.78, 5) is 12.5. The molecule has 0 saturated carbocycles. The van der Waals surface area contributed by atoms with Crippen LogP contribution in [0.15, 0.2) is 65.1 Å². The summed E-state index contributed by atoms with van der Waals surface area (Å²) in [6, 6.07) is 17.5. The minimum Gasteiger partial charge on any atom is -0.497 e. The molecule has 0 aliphatic heterocycles. The predicted octanol–water partition coefficient (Wildman–Crippen LogP) is 4.20. The maximum Gasteiger partial charge on any atom is 0.287 e. The molecule has 3 rings (SSSR count). The normalized spacial score (nSPS) is 12.4. The van der Waals surface area contributed by atoms with Gasteiger partial charge in [-0.25, -0.2) is 8.42 Å². The lowest BCUT2D eigenvalue weighted by Gasteiger charge is -2.13. The zero-order valence-corrected chi connectivity index (χ0v) is 18.0. The smallest absolute Gasteiger partial charge is 0.287 e. The number of carbonyl (C=O) groups excluding carboxylic acids is 1. The third kappa shape index (κ3) is 5.73. The first-order valence-electron chi connectivity index (χ1n) is 9.55. The van der Waals surface area contributed by atoms with E-state index in [-0.39, 0.29) is 29.1 Å².